The van der Waals surface area contributed by atoms with Gasteiger partial charge < -0.3 is 19.9 Å². The number of hydrogen-bond donors (Lipinski definition) is 2. The third-order valence-electron chi connectivity index (χ3n) is 5.49. The van der Waals surface area contributed by atoms with Crippen LogP contribution in [0.4, 0.5) is 10.1 Å². The number of amides is 1. The summed E-state index contributed by atoms with van der Waals surface area (Å²) in [7, 11) is 1.54. The van der Waals surface area contributed by atoms with Gasteiger partial charge in [0.1, 0.15) is 5.82 Å². The molecule has 0 unspecified atom stereocenters. The first-order valence-corrected chi connectivity index (χ1v) is 10.2. The van der Waals surface area contributed by atoms with Gasteiger partial charge in [0.25, 0.3) is 5.91 Å². The second-order valence-corrected chi connectivity index (χ2v) is 7.29. The highest BCUT2D eigenvalue weighted by Crippen LogP contribution is 2.37. The number of hydrogen-bond acceptors (Lipinski definition) is 4. The molecule has 1 amide bonds. The zero-order chi connectivity index (χ0) is 21.8. The summed E-state index contributed by atoms with van der Waals surface area (Å²) >= 11 is 0. The fourth-order valence-corrected chi connectivity index (χ4v) is 3.76. The lowest BCUT2D eigenvalue weighted by Crippen LogP contribution is -2.35. The summed E-state index contributed by atoms with van der Waals surface area (Å²) in [6, 6.07) is 4.46. The first kappa shape index (κ1) is 21.8. The van der Waals surface area contributed by atoms with Crippen LogP contribution in [0.1, 0.15) is 46.7 Å². The van der Waals surface area contributed by atoms with Crippen LogP contribution in [-0.2, 0) is 4.74 Å². The van der Waals surface area contributed by atoms with Crippen molar-refractivity contribution in [1.29, 1.82) is 0 Å². The predicted molar refractivity (Wildman–Crippen MR) is 119 cm³/mol. The van der Waals surface area contributed by atoms with E-state index >= 15 is 0 Å². The number of likely N-dealkylation sites (N-methyl/N-ethyl adjacent to an activating group) is 1. The molecular formula is C23H29FN4O2. The van der Waals surface area contributed by atoms with Gasteiger partial charge in [-0.3, -0.25) is 4.79 Å². The van der Waals surface area contributed by atoms with Crippen LogP contribution >= 0.6 is 0 Å². The van der Waals surface area contributed by atoms with E-state index in [1.807, 2.05) is 19.9 Å². The van der Waals surface area contributed by atoms with E-state index in [1.165, 1.54) is 19.2 Å². The van der Waals surface area contributed by atoms with Crippen LogP contribution in [0.25, 0.3) is 11.6 Å². The smallest absolute Gasteiger partial charge is 0.253 e. The largest absolute Gasteiger partial charge is 0.481 e. The van der Waals surface area contributed by atoms with Gasteiger partial charge in [-0.2, -0.15) is 0 Å². The molecule has 2 aromatic rings. The molecule has 160 valence electrons. The van der Waals surface area contributed by atoms with Gasteiger partial charge >= 0.3 is 0 Å². The van der Waals surface area contributed by atoms with Crippen LogP contribution in [0.5, 0.6) is 0 Å². The van der Waals surface area contributed by atoms with Gasteiger partial charge in [-0.15, -0.1) is 0 Å². The third kappa shape index (κ3) is 4.31. The van der Waals surface area contributed by atoms with Crippen molar-refractivity contribution in [2.75, 3.05) is 33.3 Å². The average Bonchev–Trinajstić information content (AvgIpc) is 3.21. The van der Waals surface area contributed by atoms with Crippen molar-refractivity contribution >= 4 is 29.1 Å². The zero-order valence-electron chi connectivity index (χ0n) is 18.2. The molecule has 0 fully saturated rings. The van der Waals surface area contributed by atoms with Crippen molar-refractivity contribution < 1.29 is 13.9 Å². The second-order valence-electron chi connectivity index (χ2n) is 7.29. The SMILES string of the molecule is CCN(CC)CCNC(=O)c1c(C)[nH]c(/C=C2\C(OC)=Nc3ccc(F)cc32)c1C. The molecule has 0 radical (unpaired) electrons. The molecule has 0 saturated carbocycles. The number of aromatic amines is 1. The number of aryl methyl sites for hydroxylation is 1. The lowest BCUT2D eigenvalue weighted by molar-refractivity contribution is 0.0948. The molecule has 1 aromatic heterocycles. The van der Waals surface area contributed by atoms with E-state index in [4.69, 9.17) is 4.74 Å². The van der Waals surface area contributed by atoms with Crippen LogP contribution < -0.4 is 5.32 Å². The quantitative estimate of drug-likeness (QED) is 0.720. The van der Waals surface area contributed by atoms with Gasteiger partial charge in [0.05, 0.1) is 18.4 Å². The minimum absolute atomic E-state index is 0.100. The molecule has 7 heteroatoms. The molecule has 0 atom stereocenters. The standard InChI is InChI=1S/C23H29FN4O2/c1-6-28(7-2)11-10-25-22(29)21-14(3)20(26-15(21)4)13-18-17-12-16(24)8-9-19(17)27-23(18)30-5/h8-9,12-13,26H,6-7,10-11H2,1-5H3,(H,25,29)/b18-13-. The predicted octanol–water partition coefficient (Wildman–Crippen LogP) is 4.07. The van der Waals surface area contributed by atoms with E-state index in [-0.39, 0.29) is 11.7 Å². The fourth-order valence-electron chi connectivity index (χ4n) is 3.76. The molecule has 0 bridgehead atoms. The number of halogens is 1. The van der Waals surface area contributed by atoms with Crippen LogP contribution in [0.15, 0.2) is 23.2 Å². The van der Waals surface area contributed by atoms with Crippen LogP contribution in [0.3, 0.4) is 0 Å². The number of benzene rings is 1. The number of H-pyrrole nitrogens is 1. The molecule has 2 heterocycles. The number of fused-ring (bicyclic) bond motifs is 1. The van der Waals surface area contributed by atoms with Crippen LogP contribution in [0, 0.1) is 19.7 Å². The number of carbonyl (C=O) groups excluding carboxylic acids is 1. The number of aromatic nitrogens is 1. The highest BCUT2D eigenvalue weighted by atomic mass is 19.1. The van der Waals surface area contributed by atoms with Crippen molar-refractivity contribution in [3.05, 3.63) is 52.1 Å². The lowest BCUT2D eigenvalue weighted by atomic mass is 10.0. The zero-order valence-corrected chi connectivity index (χ0v) is 18.2. The molecule has 6 nitrogen and oxygen atoms in total. The van der Waals surface area contributed by atoms with Crippen molar-refractivity contribution in [3.63, 3.8) is 0 Å². The van der Waals surface area contributed by atoms with E-state index in [1.54, 1.807) is 6.07 Å². The topological polar surface area (TPSA) is 69.7 Å². The van der Waals surface area contributed by atoms with Gasteiger partial charge in [-0.05, 0) is 56.8 Å². The summed E-state index contributed by atoms with van der Waals surface area (Å²) in [6.07, 6.45) is 1.86. The van der Waals surface area contributed by atoms with E-state index in [0.29, 0.717) is 34.8 Å². The molecule has 3 rings (SSSR count). The summed E-state index contributed by atoms with van der Waals surface area (Å²) in [5.74, 6) is -0.0103. The number of carbonyl (C=O) groups is 1. The fraction of sp³-hybridized carbons (Fsp3) is 0.391. The van der Waals surface area contributed by atoms with Crippen molar-refractivity contribution in [3.8, 4) is 0 Å². The Labute approximate surface area is 176 Å². The van der Waals surface area contributed by atoms with E-state index in [2.05, 4.69) is 34.0 Å². The molecule has 1 aromatic carbocycles. The lowest BCUT2D eigenvalue weighted by Gasteiger charge is -2.18. The number of ether oxygens (including phenoxy) is 1. The number of nitrogens with zero attached hydrogens (tertiary/aromatic N) is 2. The maximum atomic E-state index is 13.8. The number of methoxy groups -OCH3 is 1. The summed E-state index contributed by atoms with van der Waals surface area (Å²) in [5.41, 5.74) is 5.05. The maximum absolute atomic E-state index is 13.8. The van der Waals surface area contributed by atoms with Gasteiger partial charge in [-0.1, -0.05) is 13.8 Å². The molecular weight excluding hydrogens is 383 g/mol. The van der Waals surface area contributed by atoms with Crippen LogP contribution in [-0.4, -0.2) is 55.0 Å². The summed E-state index contributed by atoms with van der Waals surface area (Å²) in [4.78, 5) is 22.7. The number of rotatable bonds is 7. The number of aliphatic imine (C=N–C) groups is 1. The van der Waals surface area contributed by atoms with Crippen molar-refractivity contribution in [2.45, 2.75) is 27.7 Å². The van der Waals surface area contributed by atoms with E-state index < -0.39 is 0 Å². The summed E-state index contributed by atoms with van der Waals surface area (Å²) in [6.45, 7) is 11.3. The Hall–Kier alpha value is -2.93. The Morgan fingerprint density at radius 2 is 2.03 bits per heavy atom. The molecule has 1 aliphatic heterocycles. The monoisotopic (exact) mass is 412 g/mol. The van der Waals surface area contributed by atoms with Gasteiger partial charge in [0, 0.05) is 35.6 Å². The molecule has 0 saturated heterocycles. The Kier molecular flexibility index (Phi) is 6.72. The molecule has 2 N–H and O–H groups in total. The Bertz CT molecular complexity index is 1000. The molecule has 30 heavy (non-hydrogen) atoms. The first-order chi connectivity index (χ1) is 14.4. The highest BCUT2D eigenvalue weighted by molar-refractivity contribution is 6.29. The highest BCUT2D eigenvalue weighted by Gasteiger charge is 2.24. The van der Waals surface area contributed by atoms with Crippen LogP contribution in [0.2, 0.25) is 0 Å². The maximum Gasteiger partial charge on any atom is 0.253 e. The van der Waals surface area contributed by atoms with E-state index in [0.717, 1.165) is 36.6 Å². The van der Waals surface area contributed by atoms with Gasteiger partial charge in [0.15, 0.2) is 0 Å². The molecule has 0 aliphatic carbocycles. The molecule has 0 spiro atoms. The third-order valence-corrected chi connectivity index (χ3v) is 5.49. The Balaban J connectivity index is 1.86. The van der Waals surface area contributed by atoms with Gasteiger partial charge in [0.2, 0.25) is 5.90 Å². The average molecular weight is 413 g/mol. The normalized spacial score (nSPS) is 14.2. The number of nitrogens with one attached hydrogen (secondary N) is 2. The Morgan fingerprint density at radius 1 is 1.30 bits per heavy atom. The van der Waals surface area contributed by atoms with Crippen molar-refractivity contribution in [1.82, 2.24) is 15.2 Å². The van der Waals surface area contributed by atoms with E-state index in [9.17, 15) is 9.18 Å². The minimum atomic E-state index is -0.333. The second kappa shape index (κ2) is 9.26. The summed E-state index contributed by atoms with van der Waals surface area (Å²) < 4.78 is 19.2. The van der Waals surface area contributed by atoms with Crippen molar-refractivity contribution in [2.24, 2.45) is 4.99 Å². The summed E-state index contributed by atoms with van der Waals surface area (Å²) in [5, 5.41) is 3.01. The first-order valence-electron chi connectivity index (χ1n) is 10.2. The Morgan fingerprint density at radius 3 is 2.70 bits per heavy atom. The van der Waals surface area contributed by atoms with Gasteiger partial charge in [-0.25, -0.2) is 9.38 Å². The minimum Gasteiger partial charge on any atom is -0.481 e. The molecule has 1 aliphatic rings.